The molecule has 0 radical (unpaired) electrons. The highest BCUT2D eigenvalue weighted by atomic mass is 35.5. The maximum absolute atomic E-state index is 12.6. The molecule has 0 aromatic carbocycles. The molecular weight excluding hydrogens is 320 g/mol. The van der Waals surface area contributed by atoms with Crippen LogP contribution in [0, 0.1) is 0 Å². The van der Waals surface area contributed by atoms with Crippen LogP contribution in [-0.4, -0.2) is 37.3 Å². The minimum absolute atomic E-state index is 0.170. The summed E-state index contributed by atoms with van der Waals surface area (Å²) in [7, 11) is -3.62. The van der Waals surface area contributed by atoms with Crippen LogP contribution >= 0.6 is 22.9 Å². The Bertz CT molecular complexity index is 624. The average Bonchev–Trinajstić information content (AvgIpc) is 2.92. The molecule has 1 aromatic rings. The molecule has 1 unspecified atom stereocenters. The molecule has 1 aliphatic carbocycles. The Morgan fingerprint density at radius 3 is 2.70 bits per heavy atom. The van der Waals surface area contributed by atoms with Gasteiger partial charge in [-0.15, -0.1) is 11.3 Å². The molecular formula is C12H15ClN2O3S2. The number of nitrogens with zero attached hydrogens (tertiary/aromatic N) is 1. The predicted molar refractivity (Wildman–Crippen MR) is 77.4 cm³/mol. The Hall–Kier alpha value is -0.630. The standard InChI is InChI=1S/C12H15ClN2O3S2/c13-10-5-6-11(19-10)20(17,18)15-7-1-2-9(15)12(16)14-8-3-4-8/h5-6,8-9H,1-4,7H2,(H,14,16). The van der Waals surface area contributed by atoms with E-state index in [1.165, 1.54) is 10.4 Å². The third kappa shape index (κ3) is 2.72. The molecule has 2 heterocycles. The first-order chi connectivity index (χ1) is 9.48. The lowest BCUT2D eigenvalue weighted by Gasteiger charge is -2.22. The Balaban J connectivity index is 1.82. The second-order valence-corrected chi connectivity index (χ2v) is 8.95. The van der Waals surface area contributed by atoms with Gasteiger partial charge in [-0.25, -0.2) is 8.42 Å². The lowest BCUT2D eigenvalue weighted by Crippen LogP contribution is -2.46. The summed E-state index contributed by atoms with van der Waals surface area (Å²) in [6, 6.07) is 2.72. The van der Waals surface area contributed by atoms with Crippen molar-refractivity contribution < 1.29 is 13.2 Å². The van der Waals surface area contributed by atoms with Gasteiger partial charge in [0.1, 0.15) is 10.3 Å². The van der Waals surface area contributed by atoms with Crippen molar-refractivity contribution in [1.82, 2.24) is 9.62 Å². The quantitative estimate of drug-likeness (QED) is 0.913. The van der Waals surface area contributed by atoms with Crippen molar-refractivity contribution in [3.63, 3.8) is 0 Å². The Morgan fingerprint density at radius 2 is 2.10 bits per heavy atom. The first-order valence-electron chi connectivity index (χ1n) is 6.56. The second-order valence-electron chi connectivity index (χ2n) is 5.12. The van der Waals surface area contributed by atoms with Crippen molar-refractivity contribution in [3.8, 4) is 0 Å². The Morgan fingerprint density at radius 1 is 1.35 bits per heavy atom. The van der Waals surface area contributed by atoms with Gasteiger partial charge in [-0.1, -0.05) is 11.6 Å². The fourth-order valence-corrected chi connectivity index (χ4v) is 5.64. The van der Waals surface area contributed by atoms with Gasteiger partial charge in [-0.3, -0.25) is 4.79 Å². The number of sulfonamides is 1. The van der Waals surface area contributed by atoms with Crippen LogP contribution in [0.3, 0.4) is 0 Å². The number of thiophene rings is 1. The summed E-state index contributed by atoms with van der Waals surface area (Å²) in [5.74, 6) is -0.170. The molecule has 1 saturated heterocycles. The summed E-state index contributed by atoms with van der Waals surface area (Å²) in [6.45, 7) is 0.389. The number of halogens is 1. The molecule has 0 bridgehead atoms. The number of hydrogen-bond acceptors (Lipinski definition) is 4. The van der Waals surface area contributed by atoms with E-state index in [0.717, 1.165) is 24.2 Å². The monoisotopic (exact) mass is 334 g/mol. The third-order valence-corrected chi connectivity index (χ3v) is 7.15. The number of carbonyl (C=O) groups excluding carboxylic acids is 1. The highest BCUT2D eigenvalue weighted by molar-refractivity contribution is 7.91. The zero-order valence-electron chi connectivity index (χ0n) is 10.7. The molecule has 1 aromatic heterocycles. The smallest absolute Gasteiger partial charge is 0.253 e. The van der Waals surface area contributed by atoms with Gasteiger partial charge in [0.2, 0.25) is 5.91 Å². The molecule has 3 rings (SSSR count). The lowest BCUT2D eigenvalue weighted by molar-refractivity contribution is -0.124. The Labute approximate surface area is 127 Å². The largest absolute Gasteiger partial charge is 0.352 e. The number of hydrogen-bond donors (Lipinski definition) is 1. The van der Waals surface area contributed by atoms with Crippen LogP contribution in [0.25, 0.3) is 0 Å². The van der Waals surface area contributed by atoms with E-state index < -0.39 is 16.1 Å². The summed E-state index contributed by atoms with van der Waals surface area (Å²) >= 11 is 6.83. The van der Waals surface area contributed by atoms with Crippen LogP contribution in [0.1, 0.15) is 25.7 Å². The summed E-state index contributed by atoms with van der Waals surface area (Å²) in [6.07, 6.45) is 3.27. The highest BCUT2D eigenvalue weighted by Crippen LogP contribution is 2.32. The maximum Gasteiger partial charge on any atom is 0.253 e. The zero-order valence-corrected chi connectivity index (χ0v) is 13.1. The van der Waals surface area contributed by atoms with Gasteiger partial charge in [0.25, 0.3) is 10.0 Å². The topological polar surface area (TPSA) is 66.5 Å². The SMILES string of the molecule is O=C(NC1CC1)C1CCCN1S(=O)(=O)c1ccc(Cl)s1. The molecule has 0 spiro atoms. The molecule has 1 atom stereocenters. The predicted octanol–water partition coefficient (Wildman–Crippen LogP) is 1.83. The van der Waals surface area contributed by atoms with Gasteiger partial charge in [-0.05, 0) is 37.8 Å². The Kier molecular flexibility index (Phi) is 3.79. The number of nitrogens with one attached hydrogen (secondary N) is 1. The number of amides is 1. The molecule has 2 fully saturated rings. The van der Waals surface area contributed by atoms with Crippen LogP contribution in [0.2, 0.25) is 4.34 Å². The number of carbonyl (C=O) groups is 1. The third-order valence-electron chi connectivity index (χ3n) is 3.54. The van der Waals surface area contributed by atoms with Gasteiger partial charge < -0.3 is 5.32 Å². The van der Waals surface area contributed by atoms with Gasteiger partial charge >= 0.3 is 0 Å². The van der Waals surface area contributed by atoms with Crippen molar-refractivity contribution in [2.45, 2.75) is 42.0 Å². The van der Waals surface area contributed by atoms with Gasteiger partial charge in [0.15, 0.2) is 0 Å². The molecule has 1 saturated carbocycles. The van der Waals surface area contributed by atoms with Crippen molar-refractivity contribution >= 4 is 38.9 Å². The maximum atomic E-state index is 12.6. The van der Waals surface area contributed by atoms with Crippen molar-refractivity contribution in [1.29, 1.82) is 0 Å². The van der Waals surface area contributed by atoms with Crippen LogP contribution in [0.4, 0.5) is 0 Å². The van der Waals surface area contributed by atoms with Gasteiger partial charge in [0.05, 0.1) is 4.34 Å². The van der Waals surface area contributed by atoms with E-state index in [-0.39, 0.29) is 16.2 Å². The minimum atomic E-state index is -3.62. The summed E-state index contributed by atoms with van der Waals surface area (Å²) in [5.41, 5.74) is 0. The van der Waals surface area contributed by atoms with Crippen molar-refractivity contribution in [2.75, 3.05) is 6.54 Å². The van der Waals surface area contributed by atoms with E-state index in [4.69, 9.17) is 11.6 Å². The molecule has 110 valence electrons. The fraction of sp³-hybridized carbons (Fsp3) is 0.583. The van der Waals surface area contributed by atoms with Crippen LogP contribution in [0.5, 0.6) is 0 Å². The van der Waals surface area contributed by atoms with Gasteiger partial charge in [0, 0.05) is 12.6 Å². The zero-order chi connectivity index (χ0) is 14.3. The molecule has 1 amide bonds. The highest BCUT2D eigenvalue weighted by Gasteiger charge is 2.41. The molecule has 5 nitrogen and oxygen atoms in total. The van der Waals surface area contributed by atoms with E-state index in [2.05, 4.69) is 5.32 Å². The fourth-order valence-electron chi connectivity index (χ4n) is 2.37. The van der Waals surface area contributed by atoms with Crippen LogP contribution in [-0.2, 0) is 14.8 Å². The van der Waals surface area contributed by atoms with E-state index >= 15 is 0 Å². The van der Waals surface area contributed by atoms with Crippen LogP contribution < -0.4 is 5.32 Å². The molecule has 2 aliphatic rings. The molecule has 1 aliphatic heterocycles. The molecule has 20 heavy (non-hydrogen) atoms. The summed E-state index contributed by atoms with van der Waals surface area (Å²) in [5, 5.41) is 2.89. The second kappa shape index (κ2) is 5.29. The first-order valence-corrected chi connectivity index (χ1v) is 9.19. The van der Waals surface area contributed by atoms with E-state index in [1.807, 2.05) is 0 Å². The van der Waals surface area contributed by atoms with Gasteiger partial charge in [-0.2, -0.15) is 4.31 Å². The number of rotatable bonds is 4. The van der Waals surface area contributed by atoms with Crippen LogP contribution in [0.15, 0.2) is 16.3 Å². The minimum Gasteiger partial charge on any atom is -0.352 e. The van der Waals surface area contributed by atoms with Crippen molar-refractivity contribution in [2.24, 2.45) is 0 Å². The summed E-state index contributed by atoms with van der Waals surface area (Å²) < 4.78 is 27.1. The first kappa shape index (κ1) is 14.3. The van der Waals surface area contributed by atoms with E-state index in [0.29, 0.717) is 23.7 Å². The molecule has 8 heteroatoms. The van der Waals surface area contributed by atoms with Crippen molar-refractivity contribution in [3.05, 3.63) is 16.5 Å². The van der Waals surface area contributed by atoms with E-state index in [9.17, 15) is 13.2 Å². The molecule has 1 N–H and O–H groups in total. The average molecular weight is 335 g/mol. The van der Waals surface area contributed by atoms with E-state index in [1.54, 1.807) is 6.07 Å². The summed E-state index contributed by atoms with van der Waals surface area (Å²) in [4.78, 5) is 12.1. The lowest BCUT2D eigenvalue weighted by atomic mass is 10.2. The normalized spacial score (nSPS) is 23.9.